The minimum atomic E-state index is -0.220. The van der Waals surface area contributed by atoms with Crippen LogP contribution in [0.2, 0.25) is 0 Å². The molecule has 0 bridgehead atoms. The average molecular weight is 260 g/mol. The zero-order valence-corrected chi connectivity index (χ0v) is 11.6. The van der Waals surface area contributed by atoms with Gasteiger partial charge >= 0.3 is 0 Å². The van der Waals surface area contributed by atoms with Crippen LogP contribution in [-0.2, 0) is 4.79 Å². The quantitative estimate of drug-likeness (QED) is 0.513. The van der Waals surface area contributed by atoms with E-state index in [0.717, 1.165) is 10.5 Å². The smallest absolute Gasteiger partial charge is 0.185 e. The average Bonchev–Trinajstić information content (AvgIpc) is 2.28. The van der Waals surface area contributed by atoms with Crippen LogP contribution >= 0.6 is 11.8 Å². The van der Waals surface area contributed by atoms with Crippen LogP contribution in [-0.4, -0.2) is 11.5 Å². The Kier molecular flexibility index (Phi) is 4.99. The summed E-state index contributed by atoms with van der Waals surface area (Å²) in [4.78, 5) is 12.8. The second-order valence-corrected chi connectivity index (χ2v) is 5.17. The van der Waals surface area contributed by atoms with E-state index in [4.69, 9.17) is 11.0 Å². The van der Waals surface area contributed by atoms with Crippen molar-refractivity contribution in [2.24, 2.45) is 5.73 Å². The predicted molar refractivity (Wildman–Crippen MR) is 74.1 cm³/mol. The number of carbonyl (C=O) groups is 1. The highest BCUT2D eigenvalue weighted by atomic mass is 32.2. The monoisotopic (exact) mass is 260 g/mol. The number of allylic oxidation sites excluding steroid dienone is 2. The summed E-state index contributed by atoms with van der Waals surface area (Å²) in [6.07, 6.45) is 0. The zero-order valence-electron chi connectivity index (χ0n) is 10.8. The van der Waals surface area contributed by atoms with E-state index in [1.54, 1.807) is 6.92 Å². The molecule has 4 heteroatoms. The molecule has 0 heterocycles. The molecule has 0 saturated heterocycles. The van der Waals surface area contributed by atoms with Gasteiger partial charge in [0.05, 0.1) is 5.75 Å². The Morgan fingerprint density at radius 3 is 2.61 bits per heavy atom. The Morgan fingerprint density at radius 1 is 1.44 bits per heavy atom. The van der Waals surface area contributed by atoms with Crippen molar-refractivity contribution in [3.05, 3.63) is 40.6 Å². The maximum Gasteiger partial charge on any atom is 0.185 e. The van der Waals surface area contributed by atoms with Crippen molar-refractivity contribution in [2.45, 2.75) is 25.7 Å². The molecule has 1 rings (SSSR count). The lowest BCUT2D eigenvalue weighted by Gasteiger charge is -2.06. The van der Waals surface area contributed by atoms with E-state index in [0.29, 0.717) is 0 Å². The summed E-state index contributed by atoms with van der Waals surface area (Å²) >= 11 is 1.43. The molecule has 0 aliphatic rings. The first-order valence-corrected chi connectivity index (χ1v) is 6.54. The number of aryl methyl sites for hydroxylation is 2. The van der Waals surface area contributed by atoms with E-state index in [2.05, 4.69) is 6.07 Å². The number of Topliss-reactive ketones (excluding diaryl/α,β-unsaturated/α-hetero) is 1. The molecule has 0 aromatic heterocycles. The van der Waals surface area contributed by atoms with Gasteiger partial charge in [0.15, 0.2) is 5.78 Å². The first-order valence-electron chi connectivity index (χ1n) is 5.55. The summed E-state index contributed by atoms with van der Waals surface area (Å²) < 4.78 is 0. The van der Waals surface area contributed by atoms with Crippen molar-refractivity contribution in [3.63, 3.8) is 0 Å². The molecule has 2 N–H and O–H groups in total. The third-order valence-corrected chi connectivity index (χ3v) is 3.65. The molecular weight excluding hydrogens is 244 g/mol. The fourth-order valence-corrected chi connectivity index (χ4v) is 2.43. The Labute approximate surface area is 112 Å². The minimum Gasteiger partial charge on any atom is -0.401 e. The van der Waals surface area contributed by atoms with Crippen LogP contribution in [0, 0.1) is 25.2 Å². The van der Waals surface area contributed by atoms with Gasteiger partial charge in [-0.3, -0.25) is 4.79 Å². The summed E-state index contributed by atoms with van der Waals surface area (Å²) in [6.45, 7) is 5.61. The van der Waals surface area contributed by atoms with Gasteiger partial charge < -0.3 is 5.73 Å². The van der Waals surface area contributed by atoms with Gasteiger partial charge in [-0.15, -0.1) is 11.8 Å². The largest absolute Gasteiger partial charge is 0.401 e. The number of benzene rings is 1. The van der Waals surface area contributed by atoms with E-state index in [1.165, 1.54) is 17.3 Å². The molecule has 0 saturated carbocycles. The molecule has 0 amide bonds. The number of hydrogen-bond donors (Lipinski definition) is 1. The molecule has 1 aromatic rings. The van der Waals surface area contributed by atoms with Gasteiger partial charge in [0.2, 0.25) is 0 Å². The normalized spacial score (nSPS) is 11.7. The molecule has 0 spiro atoms. The SMILES string of the molecule is C/C(N)=C(/C#N)C(=O)CSc1ccc(C)cc1C. The zero-order chi connectivity index (χ0) is 13.7. The van der Waals surface area contributed by atoms with Gasteiger partial charge in [-0.2, -0.15) is 5.26 Å². The molecule has 3 nitrogen and oxygen atoms in total. The third kappa shape index (κ3) is 3.64. The van der Waals surface area contributed by atoms with Gasteiger partial charge in [-0.05, 0) is 32.4 Å². The van der Waals surface area contributed by atoms with E-state index >= 15 is 0 Å². The molecule has 18 heavy (non-hydrogen) atoms. The molecule has 0 aliphatic heterocycles. The molecule has 94 valence electrons. The number of carbonyl (C=O) groups excluding carboxylic acids is 1. The van der Waals surface area contributed by atoms with Gasteiger partial charge in [-0.1, -0.05) is 17.7 Å². The Balaban J connectivity index is 2.75. The summed E-state index contributed by atoms with van der Waals surface area (Å²) in [7, 11) is 0. The standard InChI is InChI=1S/C14H16N2OS/c1-9-4-5-14(10(2)6-9)18-8-13(17)12(7-15)11(3)16/h4-6H,8,16H2,1-3H3/b12-11+. The minimum absolute atomic E-state index is 0.0623. The lowest BCUT2D eigenvalue weighted by atomic mass is 10.2. The van der Waals surface area contributed by atoms with E-state index in [9.17, 15) is 4.79 Å². The van der Waals surface area contributed by atoms with Crippen LogP contribution < -0.4 is 5.73 Å². The maximum absolute atomic E-state index is 11.8. The molecule has 0 aliphatic carbocycles. The summed E-state index contributed by atoms with van der Waals surface area (Å²) in [5.41, 5.74) is 8.17. The van der Waals surface area contributed by atoms with Crippen molar-refractivity contribution in [3.8, 4) is 6.07 Å². The van der Waals surface area contributed by atoms with Crippen molar-refractivity contribution in [1.82, 2.24) is 0 Å². The number of ketones is 1. The van der Waals surface area contributed by atoms with Crippen LogP contribution in [0.5, 0.6) is 0 Å². The van der Waals surface area contributed by atoms with E-state index in [-0.39, 0.29) is 22.8 Å². The Morgan fingerprint density at radius 2 is 2.11 bits per heavy atom. The van der Waals surface area contributed by atoms with Crippen LogP contribution in [0.3, 0.4) is 0 Å². The van der Waals surface area contributed by atoms with Gasteiger partial charge in [0, 0.05) is 10.6 Å². The van der Waals surface area contributed by atoms with E-state index < -0.39 is 0 Å². The summed E-state index contributed by atoms with van der Waals surface area (Å²) in [5, 5.41) is 8.84. The van der Waals surface area contributed by atoms with Gasteiger partial charge in [0.25, 0.3) is 0 Å². The first-order chi connectivity index (χ1) is 8.45. The number of hydrogen-bond acceptors (Lipinski definition) is 4. The first kappa shape index (κ1) is 14.3. The highest BCUT2D eigenvalue weighted by molar-refractivity contribution is 8.00. The number of thioether (sulfide) groups is 1. The topological polar surface area (TPSA) is 66.9 Å². The fourth-order valence-electron chi connectivity index (χ4n) is 1.55. The lowest BCUT2D eigenvalue weighted by molar-refractivity contribution is -0.112. The van der Waals surface area contributed by atoms with Crippen molar-refractivity contribution in [1.29, 1.82) is 5.26 Å². The highest BCUT2D eigenvalue weighted by Gasteiger charge is 2.12. The van der Waals surface area contributed by atoms with Crippen LogP contribution in [0.4, 0.5) is 0 Å². The number of nitriles is 1. The number of nitrogens with two attached hydrogens (primary N) is 1. The maximum atomic E-state index is 11.8. The molecule has 0 radical (unpaired) electrons. The molecule has 0 fully saturated rings. The molecule has 0 atom stereocenters. The Hall–Kier alpha value is -1.73. The fraction of sp³-hybridized carbons (Fsp3) is 0.286. The van der Waals surface area contributed by atoms with Gasteiger partial charge in [0.1, 0.15) is 11.6 Å². The molecular formula is C14H16N2OS. The van der Waals surface area contributed by atoms with E-state index in [1.807, 2.05) is 32.0 Å². The lowest BCUT2D eigenvalue weighted by Crippen LogP contribution is -2.10. The molecule has 1 aromatic carbocycles. The summed E-state index contributed by atoms with van der Waals surface area (Å²) in [6, 6.07) is 7.93. The van der Waals surface area contributed by atoms with Crippen molar-refractivity contribution in [2.75, 3.05) is 5.75 Å². The van der Waals surface area contributed by atoms with Crippen LogP contribution in [0.1, 0.15) is 18.1 Å². The number of nitrogens with zero attached hydrogens (tertiary/aromatic N) is 1. The van der Waals surface area contributed by atoms with Crippen molar-refractivity contribution >= 4 is 17.5 Å². The second kappa shape index (κ2) is 6.27. The second-order valence-electron chi connectivity index (χ2n) is 4.15. The van der Waals surface area contributed by atoms with Crippen LogP contribution in [0.15, 0.2) is 34.4 Å². The summed E-state index contributed by atoms with van der Waals surface area (Å²) in [5.74, 6) is 0.0175. The number of rotatable bonds is 4. The predicted octanol–water partition coefficient (Wildman–Crippen LogP) is 2.72. The highest BCUT2D eigenvalue weighted by Crippen LogP contribution is 2.24. The third-order valence-electron chi connectivity index (χ3n) is 2.47. The molecule has 0 unspecified atom stereocenters. The van der Waals surface area contributed by atoms with Crippen LogP contribution in [0.25, 0.3) is 0 Å². The van der Waals surface area contributed by atoms with Gasteiger partial charge in [-0.25, -0.2) is 0 Å². The Bertz CT molecular complexity index is 537. The van der Waals surface area contributed by atoms with Crippen molar-refractivity contribution < 1.29 is 4.79 Å².